The lowest BCUT2D eigenvalue weighted by molar-refractivity contribution is 0.559. The molecule has 1 nitrogen and oxygen atoms in total. The Labute approximate surface area is 89.1 Å². The van der Waals surface area contributed by atoms with E-state index >= 15 is 0 Å². The molecule has 0 amide bonds. The van der Waals surface area contributed by atoms with Crippen LogP contribution >= 0.6 is 11.6 Å². The summed E-state index contributed by atoms with van der Waals surface area (Å²) in [5, 5.41) is 0.577. The highest BCUT2D eigenvalue weighted by atomic mass is 35.5. The summed E-state index contributed by atoms with van der Waals surface area (Å²) in [6.45, 7) is 3.80. The molecule has 0 radical (unpaired) electrons. The molecule has 78 valence electrons. The highest BCUT2D eigenvalue weighted by Crippen LogP contribution is 2.25. The molecule has 0 heterocycles. The highest BCUT2D eigenvalue weighted by molar-refractivity contribution is 6.31. The van der Waals surface area contributed by atoms with Gasteiger partial charge in [-0.1, -0.05) is 24.9 Å². The topological polar surface area (TPSA) is 26.0 Å². The molecular formula is C11H15ClFN. The van der Waals surface area contributed by atoms with Gasteiger partial charge in [0, 0.05) is 16.6 Å². The van der Waals surface area contributed by atoms with E-state index in [0.29, 0.717) is 10.6 Å². The van der Waals surface area contributed by atoms with Crippen molar-refractivity contribution in [1.82, 2.24) is 0 Å². The monoisotopic (exact) mass is 215 g/mol. The van der Waals surface area contributed by atoms with Crippen molar-refractivity contribution in [2.24, 2.45) is 5.73 Å². The lowest BCUT2D eigenvalue weighted by Gasteiger charge is -2.13. The molecule has 0 bridgehead atoms. The van der Waals surface area contributed by atoms with Crippen LogP contribution in [0.15, 0.2) is 12.1 Å². The number of nitrogens with two attached hydrogens (primary N) is 1. The Morgan fingerprint density at radius 2 is 2.14 bits per heavy atom. The zero-order chi connectivity index (χ0) is 10.7. The van der Waals surface area contributed by atoms with Crippen LogP contribution in [0.5, 0.6) is 0 Å². The van der Waals surface area contributed by atoms with Gasteiger partial charge in [0.1, 0.15) is 5.82 Å². The third-order valence-electron chi connectivity index (χ3n) is 2.28. The van der Waals surface area contributed by atoms with Crippen molar-refractivity contribution >= 4 is 11.6 Å². The molecule has 3 heteroatoms. The lowest BCUT2D eigenvalue weighted by Crippen LogP contribution is -2.11. The molecule has 1 atom stereocenters. The quantitative estimate of drug-likeness (QED) is 0.820. The smallest absolute Gasteiger partial charge is 0.128 e. The summed E-state index contributed by atoms with van der Waals surface area (Å²) < 4.78 is 13.5. The van der Waals surface area contributed by atoms with Crippen LogP contribution in [0.3, 0.4) is 0 Å². The van der Waals surface area contributed by atoms with Crippen molar-refractivity contribution in [3.05, 3.63) is 34.1 Å². The average molecular weight is 216 g/mol. The van der Waals surface area contributed by atoms with E-state index in [1.54, 1.807) is 13.0 Å². The maximum atomic E-state index is 13.5. The van der Waals surface area contributed by atoms with E-state index in [4.69, 9.17) is 17.3 Å². The molecule has 1 aromatic carbocycles. The molecule has 0 saturated carbocycles. The fourth-order valence-corrected chi connectivity index (χ4v) is 1.58. The van der Waals surface area contributed by atoms with E-state index in [2.05, 4.69) is 0 Å². The Kier molecular flexibility index (Phi) is 3.90. The van der Waals surface area contributed by atoms with E-state index in [0.717, 1.165) is 18.4 Å². The average Bonchev–Trinajstić information content (AvgIpc) is 2.11. The fourth-order valence-electron chi connectivity index (χ4n) is 1.41. The molecule has 0 saturated heterocycles. The van der Waals surface area contributed by atoms with Gasteiger partial charge >= 0.3 is 0 Å². The van der Waals surface area contributed by atoms with Crippen molar-refractivity contribution in [2.75, 3.05) is 0 Å². The third-order valence-corrected chi connectivity index (χ3v) is 2.68. The van der Waals surface area contributed by atoms with Crippen LogP contribution in [0, 0.1) is 12.7 Å². The van der Waals surface area contributed by atoms with Crippen molar-refractivity contribution < 1.29 is 4.39 Å². The number of halogens is 2. The first-order valence-corrected chi connectivity index (χ1v) is 5.15. The van der Waals surface area contributed by atoms with Gasteiger partial charge < -0.3 is 5.73 Å². The van der Waals surface area contributed by atoms with Crippen molar-refractivity contribution in [3.63, 3.8) is 0 Å². The van der Waals surface area contributed by atoms with Gasteiger partial charge in [-0.05, 0) is 31.0 Å². The van der Waals surface area contributed by atoms with Gasteiger partial charge in [-0.3, -0.25) is 0 Å². The summed E-state index contributed by atoms with van der Waals surface area (Å²) in [7, 11) is 0. The second kappa shape index (κ2) is 4.76. The second-order valence-electron chi connectivity index (χ2n) is 3.52. The molecule has 0 aliphatic carbocycles. The van der Waals surface area contributed by atoms with Crippen LogP contribution < -0.4 is 5.73 Å². The van der Waals surface area contributed by atoms with Gasteiger partial charge in [-0.25, -0.2) is 4.39 Å². The molecule has 0 spiro atoms. The molecular weight excluding hydrogens is 201 g/mol. The Balaban J connectivity index is 3.02. The molecule has 14 heavy (non-hydrogen) atoms. The van der Waals surface area contributed by atoms with Gasteiger partial charge in [0.2, 0.25) is 0 Å². The Hall–Kier alpha value is -0.600. The van der Waals surface area contributed by atoms with E-state index in [1.165, 1.54) is 6.07 Å². The summed E-state index contributed by atoms with van der Waals surface area (Å²) in [6, 6.07) is 2.82. The minimum absolute atomic E-state index is 0.252. The number of hydrogen-bond acceptors (Lipinski definition) is 1. The molecule has 0 fully saturated rings. The predicted molar refractivity (Wildman–Crippen MR) is 58.0 cm³/mol. The van der Waals surface area contributed by atoms with Gasteiger partial charge in [0.05, 0.1) is 0 Å². The highest BCUT2D eigenvalue weighted by Gasteiger charge is 2.12. The summed E-state index contributed by atoms with van der Waals surface area (Å²) in [6.07, 6.45) is 1.71. The van der Waals surface area contributed by atoms with E-state index in [1.807, 2.05) is 6.92 Å². The number of benzene rings is 1. The van der Waals surface area contributed by atoms with Gasteiger partial charge in [0.25, 0.3) is 0 Å². The van der Waals surface area contributed by atoms with E-state index in [9.17, 15) is 4.39 Å². The minimum atomic E-state index is -0.257. The third kappa shape index (κ3) is 2.46. The molecule has 1 rings (SSSR count). The van der Waals surface area contributed by atoms with Crippen LogP contribution in [-0.2, 0) is 0 Å². The first-order chi connectivity index (χ1) is 6.56. The Morgan fingerprint density at radius 3 is 2.71 bits per heavy atom. The van der Waals surface area contributed by atoms with Crippen molar-refractivity contribution in [2.45, 2.75) is 32.7 Å². The zero-order valence-corrected chi connectivity index (χ0v) is 9.24. The van der Waals surface area contributed by atoms with Gasteiger partial charge in [0.15, 0.2) is 0 Å². The maximum Gasteiger partial charge on any atom is 0.128 e. The molecule has 1 aromatic rings. The molecule has 0 aliphatic rings. The standard InChI is InChI=1S/C11H15ClFN/c1-3-4-11(14)8-6-9(12)7(2)5-10(8)13/h5-6,11H,3-4,14H2,1-2H3. The van der Waals surface area contributed by atoms with E-state index in [-0.39, 0.29) is 11.9 Å². The molecule has 0 aliphatic heterocycles. The largest absolute Gasteiger partial charge is 0.324 e. The summed E-state index contributed by atoms with van der Waals surface area (Å²) >= 11 is 5.91. The van der Waals surface area contributed by atoms with Crippen molar-refractivity contribution in [3.8, 4) is 0 Å². The fraction of sp³-hybridized carbons (Fsp3) is 0.455. The number of hydrogen-bond donors (Lipinski definition) is 1. The van der Waals surface area contributed by atoms with Crippen LogP contribution in [0.2, 0.25) is 5.02 Å². The lowest BCUT2D eigenvalue weighted by atomic mass is 10.0. The predicted octanol–water partition coefficient (Wildman–Crippen LogP) is 3.59. The molecule has 1 unspecified atom stereocenters. The molecule has 0 aromatic heterocycles. The maximum absolute atomic E-state index is 13.5. The van der Waals surface area contributed by atoms with Gasteiger partial charge in [-0.15, -0.1) is 0 Å². The van der Waals surface area contributed by atoms with E-state index < -0.39 is 0 Å². The number of rotatable bonds is 3. The Bertz CT molecular complexity index is 325. The summed E-state index contributed by atoms with van der Waals surface area (Å²) in [4.78, 5) is 0. The van der Waals surface area contributed by atoms with Crippen LogP contribution in [0.4, 0.5) is 4.39 Å². The SMILES string of the molecule is CCCC(N)c1cc(Cl)c(C)cc1F. The minimum Gasteiger partial charge on any atom is -0.324 e. The Morgan fingerprint density at radius 1 is 1.50 bits per heavy atom. The van der Waals surface area contributed by atoms with Gasteiger partial charge in [-0.2, -0.15) is 0 Å². The van der Waals surface area contributed by atoms with Crippen LogP contribution in [-0.4, -0.2) is 0 Å². The first kappa shape index (κ1) is 11.5. The first-order valence-electron chi connectivity index (χ1n) is 4.77. The second-order valence-corrected chi connectivity index (χ2v) is 3.93. The summed E-state index contributed by atoms with van der Waals surface area (Å²) in [5.41, 5.74) is 7.09. The van der Waals surface area contributed by atoms with Crippen molar-refractivity contribution in [1.29, 1.82) is 0 Å². The summed E-state index contributed by atoms with van der Waals surface area (Å²) in [5.74, 6) is -0.257. The number of aryl methyl sites for hydroxylation is 1. The van der Waals surface area contributed by atoms with Crippen LogP contribution in [0.25, 0.3) is 0 Å². The molecule has 2 N–H and O–H groups in total. The van der Waals surface area contributed by atoms with Crippen LogP contribution in [0.1, 0.15) is 36.9 Å². The zero-order valence-electron chi connectivity index (χ0n) is 8.48. The normalized spacial score (nSPS) is 12.9.